The number of benzene rings is 1. The van der Waals surface area contributed by atoms with Crippen LogP contribution in [0.4, 0.5) is 10.2 Å². The second-order valence-corrected chi connectivity index (χ2v) is 5.64. The van der Waals surface area contributed by atoms with E-state index in [1.165, 1.54) is 12.1 Å². The molecule has 4 nitrogen and oxygen atoms in total. The van der Waals surface area contributed by atoms with Crippen LogP contribution in [0, 0.1) is 5.82 Å². The summed E-state index contributed by atoms with van der Waals surface area (Å²) in [5.41, 5.74) is 1.87. The van der Waals surface area contributed by atoms with Gasteiger partial charge in [0.05, 0.1) is 0 Å². The molecule has 20 heavy (non-hydrogen) atoms. The summed E-state index contributed by atoms with van der Waals surface area (Å²) in [4.78, 5) is 11.0. The van der Waals surface area contributed by atoms with Crippen LogP contribution in [0.25, 0.3) is 22.1 Å². The van der Waals surface area contributed by atoms with Gasteiger partial charge in [0.2, 0.25) is 0 Å². The van der Waals surface area contributed by atoms with Crippen molar-refractivity contribution in [2.75, 3.05) is 18.0 Å². The molecule has 4 rings (SSSR count). The number of fused-ring (bicyclic) bond motifs is 3. The SMILES string of the molecule is Fc1ccc2c(c1)oc1c(N3CCCC3)nc(Br)nc12. The molecule has 1 fully saturated rings. The lowest BCUT2D eigenvalue weighted by Crippen LogP contribution is -2.19. The molecule has 1 aliphatic rings. The minimum Gasteiger partial charge on any atom is -0.450 e. The lowest BCUT2D eigenvalue weighted by molar-refractivity contribution is 0.617. The van der Waals surface area contributed by atoms with Crippen LogP contribution >= 0.6 is 15.9 Å². The molecule has 0 atom stereocenters. The van der Waals surface area contributed by atoms with Gasteiger partial charge in [0.15, 0.2) is 16.1 Å². The van der Waals surface area contributed by atoms with Crippen molar-refractivity contribution in [3.63, 3.8) is 0 Å². The fourth-order valence-corrected chi connectivity index (χ4v) is 3.06. The highest BCUT2D eigenvalue weighted by atomic mass is 79.9. The van der Waals surface area contributed by atoms with Crippen LogP contribution in [0.1, 0.15) is 12.8 Å². The summed E-state index contributed by atoms with van der Waals surface area (Å²) in [7, 11) is 0. The van der Waals surface area contributed by atoms with Gasteiger partial charge in [-0.15, -0.1) is 0 Å². The molecular weight excluding hydrogens is 325 g/mol. The van der Waals surface area contributed by atoms with Gasteiger partial charge in [0.25, 0.3) is 0 Å². The smallest absolute Gasteiger partial charge is 0.199 e. The third-order valence-electron chi connectivity index (χ3n) is 3.64. The highest BCUT2D eigenvalue weighted by Gasteiger charge is 2.22. The maximum absolute atomic E-state index is 13.3. The fraction of sp³-hybridized carbons (Fsp3) is 0.286. The predicted molar refractivity (Wildman–Crippen MR) is 78.4 cm³/mol. The topological polar surface area (TPSA) is 42.2 Å². The van der Waals surface area contributed by atoms with Crippen LogP contribution in [-0.4, -0.2) is 23.1 Å². The number of halogens is 2. The summed E-state index contributed by atoms with van der Waals surface area (Å²) in [6.07, 6.45) is 2.30. The summed E-state index contributed by atoms with van der Waals surface area (Å²) >= 11 is 3.35. The third kappa shape index (κ3) is 1.78. The fourth-order valence-electron chi connectivity index (χ4n) is 2.72. The quantitative estimate of drug-likeness (QED) is 0.633. The second kappa shape index (κ2) is 4.41. The summed E-state index contributed by atoms with van der Waals surface area (Å²) in [6.45, 7) is 1.92. The lowest BCUT2D eigenvalue weighted by atomic mass is 10.2. The van der Waals surface area contributed by atoms with E-state index in [2.05, 4.69) is 30.8 Å². The van der Waals surface area contributed by atoms with Crippen LogP contribution in [-0.2, 0) is 0 Å². The van der Waals surface area contributed by atoms with Crippen molar-refractivity contribution < 1.29 is 8.81 Å². The highest BCUT2D eigenvalue weighted by molar-refractivity contribution is 9.10. The molecule has 0 unspecified atom stereocenters. The van der Waals surface area contributed by atoms with E-state index in [4.69, 9.17) is 4.42 Å². The normalized spacial score (nSPS) is 15.6. The first kappa shape index (κ1) is 12.1. The van der Waals surface area contributed by atoms with Gasteiger partial charge in [-0.05, 0) is 40.9 Å². The second-order valence-electron chi connectivity index (χ2n) is 4.93. The molecule has 0 amide bonds. The Bertz CT molecular complexity index is 811. The molecule has 3 heterocycles. The number of furan rings is 1. The van der Waals surface area contributed by atoms with Crippen molar-refractivity contribution in [3.8, 4) is 0 Å². The summed E-state index contributed by atoms with van der Waals surface area (Å²) in [6, 6.07) is 4.51. The van der Waals surface area contributed by atoms with E-state index in [1.54, 1.807) is 6.07 Å². The van der Waals surface area contributed by atoms with Crippen LogP contribution in [0.3, 0.4) is 0 Å². The van der Waals surface area contributed by atoms with Gasteiger partial charge in [-0.2, -0.15) is 0 Å². The molecule has 102 valence electrons. The van der Waals surface area contributed by atoms with E-state index in [1.807, 2.05) is 0 Å². The first-order chi connectivity index (χ1) is 9.72. The highest BCUT2D eigenvalue weighted by Crippen LogP contribution is 2.35. The molecule has 0 saturated carbocycles. The number of hydrogen-bond acceptors (Lipinski definition) is 4. The Morgan fingerprint density at radius 2 is 2.00 bits per heavy atom. The van der Waals surface area contributed by atoms with E-state index in [-0.39, 0.29) is 5.82 Å². The third-order valence-corrected chi connectivity index (χ3v) is 3.99. The minimum atomic E-state index is -0.314. The lowest BCUT2D eigenvalue weighted by Gasteiger charge is -2.15. The van der Waals surface area contributed by atoms with Crippen molar-refractivity contribution in [2.45, 2.75) is 12.8 Å². The zero-order valence-electron chi connectivity index (χ0n) is 10.6. The maximum atomic E-state index is 13.3. The Morgan fingerprint density at radius 3 is 2.80 bits per heavy atom. The molecule has 0 aliphatic carbocycles. The molecule has 0 N–H and O–H groups in total. The van der Waals surface area contributed by atoms with Crippen molar-refractivity contribution >= 4 is 43.8 Å². The molecule has 6 heteroatoms. The van der Waals surface area contributed by atoms with Crippen molar-refractivity contribution in [1.29, 1.82) is 0 Å². The average molecular weight is 336 g/mol. The Kier molecular flexibility index (Phi) is 2.66. The largest absolute Gasteiger partial charge is 0.450 e. The number of aromatic nitrogens is 2. The van der Waals surface area contributed by atoms with Gasteiger partial charge < -0.3 is 9.32 Å². The molecular formula is C14H11BrFN3O. The Hall–Kier alpha value is -1.69. The maximum Gasteiger partial charge on any atom is 0.199 e. The van der Waals surface area contributed by atoms with Crippen LogP contribution < -0.4 is 4.90 Å². The molecule has 0 bridgehead atoms. The monoisotopic (exact) mass is 335 g/mol. The number of hydrogen-bond donors (Lipinski definition) is 0. The Morgan fingerprint density at radius 1 is 1.20 bits per heavy atom. The molecule has 1 aliphatic heterocycles. The first-order valence-electron chi connectivity index (χ1n) is 6.52. The molecule has 0 radical (unpaired) electrons. The average Bonchev–Trinajstić information content (AvgIpc) is 3.04. The van der Waals surface area contributed by atoms with E-state index in [0.29, 0.717) is 15.9 Å². The van der Waals surface area contributed by atoms with Crippen LogP contribution in [0.2, 0.25) is 0 Å². The van der Waals surface area contributed by atoms with Crippen molar-refractivity contribution in [1.82, 2.24) is 9.97 Å². The van der Waals surface area contributed by atoms with Gasteiger partial charge in [-0.25, -0.2) is 14.4 Å². The summed E-state index contributed by atoms with van der Waals surface area (Å²) in [5, 5.41) is 0.810. The number of nitrogens with zero attached hydrogens (tertiary/aromatic N) is 3. The van der Waals surface area contributed by atoms with Crippen LogP contribution in [0.15, 0.2) is 27.3 Å². The standard InChI is InChI=1S/C14H11BrFN3O/c15-14-17-11-9-4-3-8(16)7-10(9)20-12(11)13(18-14)19-5-1-2-6-19/h3-4,7H,1-2,5-6H2. The Labute approximate surface area is 122 Å². The van der Waals surface area contributed by atoms with Gasteiger partial charge >= 0.3 is 0 Å². The summed E-state index contributed by atoms with van der Waals surface area (Å²) in [5.74, 6) is 0.474. The van der Waals surface area contributed by atoms with E-state index < -0.39 is 0 Å². The Balaban J connectivity index is 2.05. The molecule has 2 aromatic heterocycles. The number of rotatable bonds is 1. The molecule has 3 aromatic rings. The first-order valence-corrected chi connectivity index (χ1v) is 7.32. The van der Waals surface area contributed by atoms with Crippen molar-refractivity contribution in [3.05, 3.63) is 28.7 Å². The van der Waals surface area contributed by atoms with E-state index in [0.717, 1.165) is 42.7 Å². The zero-order valence-corrected chi connectivity index (χ0v) is 12.2. The van der Waals surface area contributed by atoms with E-state index in [9.17, 15) is 4.39 Å². The molecule has 1 saturated heterocycles. The predicted octanol–water partition coefficient (Wildman–Crippen LogP) is 3.88. The van der Waals surface area contributed by atoms with Crippen LogP contribution in [0.5, 0.6) is 0 Å². The van der Waals surface area contributed by atoms with Crippen molar-refractivity contribution in [2.24, 2.45) is 0 Å². The number of anilines is 1. The van der Waals surface area contributed by atoms with Gasteiger partial charge in [-0.3, -0.25) is 0 Å². The van der Waals surface area contributed by atoms with Gasteiger partial charge in [0, 0.05) is 24.5 Å². The molecule has 0 spiro atoms. The van der Waals surface area contributed by atoms with E-state index >= 15 is 0 Å². The summed E-state index contributed by atoms with van der Waals surface area (Å²) < 4.78 is 19.7. The molecule has 1 aromatic carbocycles. The van der Waals surface area contributed by atoms with Gasteiger partial charge in [-0.1, -0.05) is 0 Å². The minimum absolute atomic E-state index is 0.314. The van der Waals surface area contributed by atoms with Gasteiger partial charge in [0.1, 0.15) is 16.9 Å². The zero-order chi connectivity index (χ0) is 13.7.